The van der Waals surface area contributed by atoms with Crippen LogP contribution >= 0.6 is 0 Å². The molecule has 2 unspecified atom stereocenters. The van der Waals surface area contributed by atoms with Gasteiger partial charge in [0.2, 0.25) is 0 Å². The first-order chi connectivity index (χ1) is 51.2. The molecule has 0 bridgehead atoms. The van der Waals surface area contributed by atoms with E-state index in [1.54, 1.807) is 0 Å². The largest absolute Gasteiger partial charge is 2.00 e. The fraction of sp³-hybridized carbons (Fsp3) is 0.980. The molecule has 0 aromatic rings. The van der Waals surface area contributed by atoms with Crippen LogP contribution in [0.5, 0.6) is 0 Å². The number of hydrogen-bond acceptors (Lipinski definition) is 6. The summed E-state index contributed by atoms with van der Waals surface area (Å²) in [5.41, 5.74) is 0. The van der Waals surface area contributed by atoms with E-state index in [1.807, 2.05) is 0 Å². The van der Waals surface area contributed by atoms with Crippen LogP contribution in [0.1, 0.15) is 581 Å². The van der Waals surface area contributed by atoms with Crippen molar-refractivity contribution in [3.05, 3.63) is 0 Å². The quantitative estimate of drug-likeness (QED) is 0.0445. The van der Waals surface area contributed by atoms with Crippen LogP contribution in [0, 0.1) is 0 Å². The molecule has 0 aromatic heterocycles. The van der Waals surface area contributed by atoms with E-state index in [0.717, 1.165) is 39.0 Å². The van der Waals surface area contributed by atoms with Crippen molar-refractivity contribution >= 4 is 49.7 Å². The summed E-state index contributed by atoms with van der Waals surface area (Å²) in [5.74, 6) is -1.80. The minimum absolute atomic E-state index is 0. The number of rotatable bonds is 92. The maximum atomic E-state index is 11.1. The van der Waals surface area contributed by atoms with Gasteiger partial charge >= 0.3 is 37.7 Å². The Bertz CT molecular complexity index is 1360. The van der Waals surface area contributed by atoms with E-state index >= 15 is 0 Å². The molecule has 0 aliphatic rings. The van der Waals surface area contributed by atoms with Gasteiger partial charge in [-0.25, -0.2) is 0 Å². The smallest absolute Gasteiger partial charge is 0.550 e. The fourth-order valence-electron chi connectivity index (χ4n) is 16.4. The van der Waals surface area contributed by atoms with Crippen LogP contribution in [-0.2, 0) is 9.59 Å². The van der Waals surface area contributed by atoms with Gasteiger partial charge in [0, 0.05) is 24.0 Å². The molecule has 0 amide bonds. The average Bonchev–Trinajstić information content (AvgIpc) is 0.982. The predicted molar refractivity (Wildman–Crippen MR) is 468 cm³/mol. The zero-order chi connectivity index (χ0) is 75.7. The molecule has 0 saturated heterocycles. The number of hydrogen-bond donors (Lipinski definition) is 0. The van der Waals surface area contributed by atoms with Gasteiger partial charge in [0.15, 0.2) is 0 Å². The van der Waals surface area contributed by atoms with Gasteiger partial charge in [0.05, 0.1) is 0 Å². The van der Waals surface area contributed by atoms with E-state index < -0.39 is 11.9 Å². The Kier molecular flexibility index (Phi) is 102. The fourth-order valence-corrected chi connectivity index (χ4v) is 16.4. The van der Waals surface area contributed by atoms with Crippen molar-refractivity contribution in [3.63, 3.8) is 0 Å². The average molecular weight is 1510 g/mol. The van der Waals surface area contributed by atoms with Gasteiger partial charge in [-0.1, -0.05) is 516 Å². The summed E-state index contributed by atoms with van der Waals surface area (Å²) < 4.78 is 0. The van der Waals surface area contributed by atoms with Crippen molar-refractivity contribution in [2.75, 3.05) is 26.2 Å². The molecule has 0 heterocycles. The predicted octanol–water partition coefficient (Wildman–Crippen LogP) is 31.3. The van der Waals surface area contributed by atoms with Gasteiger partial charge in [0.25, 0.3) is 0 Å². The van der Waals surface area contributed by atoms with Crippen molar-refractivity contribution in [1.29, 1.82) is 0 Å². The summed E-state index contributed by atoms with van der Waals surface area (Å²) in [6.07, 6.45) is 115. The zero-order valence-electron chi connectivity index (χ0n) is 73.6. The number of carboxylic acids is 2. The summed E-state index contributed by atoms with van der Waals surface area (Å²) in [6, 6.07) is 0.692. The van der Waals surface area contributed by atoms with Gasteiger partial charge < -0.3 is 29.6 Å². The Morgan fingerprint density at radius 1 is 0.190 bits per heavy atom. The minimum atomic E-state index is -0.899. The van der Waals surface area contributed by atoms with Gasteiger partial charge in [-0.3, -0.25) is 0 Å². The van der Waals surface area contributed by atoms with Crippen LogP contribution in [0.4, 0.5) is 0 Å². The molecule has 0 rings (SSSR count). The molecular formula is C98H196CaN2O4. The maximum Gasteiger partial charge on any atom is 2.00 e. The molecular weight excluding hydrogens is 1310 g/mol. The second-order valence-corrected chi connectivity index (χ2v) is 34.5. The number of nitrogens with zero attached hydrogens (tertiary/aromatic N) is 2. The third-order valence-corrected chi connectivity index (χ3v) is 24.0. The standard InChI is InChI=1S/2C49H99NO2.Ca/c2*1-4-6-8-10-12-14-16-18-20-22-24-26-28-30-32-34-36-38-40-42-46-50(48(3)44-45-49(51)52)47-43-41-39-37-35-33-31-29-27-25-23-21-19-17-15-13-11-9-7-5-2;/h2*48H,4-47H2,1-3H3,(H,51,52);/q;;+2/p-2. The van der Waals surface area contributed by atoms with Crippen LogP contribution in [0.2, 0.25) is 0 Å². The minimum Gasteiger partial charge on any atom is -0.550 e. The maximum absolute atomic E-state index is 11.1. The summed E-state index contributed by atoms with van der Waals surface area (Å²) >= 11 is 0. The van der Waals surface area contributed by atoms with Crippen molar-refractivity contribution in [2.24, 2.45) is 0 Å². The van der Waals surface area contributed by atoms with Crippen molar-refractivity contribution < 1.29 is 19.8 Å². The van der Waals surface area contributed by atoms with E-state index in [9.17, 15) is 19.8 Å². The molecule has 0 spiro atoms. The number of carbonyl (C=O) groups is 2. The number of unbranched alkanes of at least 4 members (excludes halogenated alkanes) is 76. The first-order valence-electron chi connectivity index (χ1n) is 49.1. The molecule has 0 fully saturated rings. The first-order valence-corrected chi connectivity index (χ1v) is 49.1. The molecule has 105 heavy (non-hydrogen) atoms. The molecule has 7 heteroatoms. The molecule has 0 aromatic carbocycles. The van der Waals surface area contributed by atoms with Crippen LogP contribution in [0.3, 0.4) is 0 Å². The summed E-state index contributed by atoms with van der Waals surface area (Å²) in [6.45, 7) is 18.2. The number of carbonyl (C=O) groups excluding carboxylic acids is 2. The SMILES string of the molecule is CCCCCCCCCCCCCCCCCCCCCCN(CCCCCCCCCCCCCCCCCCCCCC)C(C)CCC(=O)[O-].CCCCCCCCCCCCCCCCCCCCCCN(CCCCCCCCCCCCCCCCCCCCCC)C(C)CCC(=O)[O-].[Ca+2]. The Labute approximate surface area is 693 Å². The topological polar surface area (TPSA) is 86.7 Å². The first kappa shape index (κ1) is 109. The summed E-state index contributed by atoms with van der Waals surface area (Å²) in [7, 11) is 0. The van der Waals surface area contributed by atoms with Gasteiger partial charge in [-0.2, -0.15) is 0 Å². The number of carboxylic acid groups (broad SMARTS) is 2. The van der Waals surface area contributed by atoms with Crippen LogP contribution in [0.25, 0.3) is 0 Å². The second-order valence-electron chi connectivity index (χ2n) is 34.5. The zero-order valence-corrected chi connectivity index (χ0v) is 75.8. The van der Waals surface area contributed by atoms with E-state index in [0.29, 0.717) is 12.1 Å². The van der Waals surface area contributed by atoms with Gasteiger partial charge in [-0.15, -0.1) is 0 Å². The van der Waals surface area contributed by atoms with Gasteiger partial charge in [0.1, 0.15) is 0 Å². The Balaban J connectivity index is -0.00000196. The summed E-state index contributed by atoms with van der Waals surface area (Å²) in [4.78, 5) is 27.4. The van der Waals surface area contributed by atoms with Crippen LogP contribution in [0.15, 0.2) is 0 Å². The van der Waals surface area contributed by atoms with Crippen LogP contribution < -0.4 is 10.2 Å². The molecule has 0 aliphatic carbocycles. The van der Waals surface area contributed by atoms with Gasteiger partial charge in [-0.05, 0) is 91.4 Å². The van der Waals surface area contributed by atoms with E-state index in [4.69, 9.17) is 0 Å². The van der Waals surface area contributed by atoms with Crippen molar-refractivity contribution in [2.45, 2.75) is 593 Å². The van der Waals surface area contributed by atoms with Crippen molar-refractivity contribution in [3.8, 4) is 0 Å². The Morgan fingerprint density at radius 3 is 0.381 bits per heavy atom. The normalized spacial score (nSPS) is 12.2. The Hall–Kier alpha value is 0.120. The molecule has 624 valence electrons. The molecule has 0 saturated carbocycles. The van der Waals surface area contributed by atoms with E-state index in [1.165, 1.54) is 514 Å². The monoisotopic (exact) mass is 1510 g/mol. The molecule has 2 atom stereocenters. The Morgan fingerprint density at radius 2 is 0.286 bits per heavy atom. The van der Waals surface area contributed by atoms with Crippen LogP contribution in [-0.4, -0.2) is 97.7 Å². The van der Waals surface area contributed by atoms with E-state index in [2.05, 4.69) is 51.3 Å². The third-order valence-electron chi connectivity index (χ3n) is 24.0. The number of aliphatic carboxylic acids is 2. The second kappa shape index (κ2) is 98.3. The third kappa shape index (κ3) is 96.4. The van der Waals surface area contributed by atoms with Crippen molar-refractivity contribution in [1.82, 2.24) is 9.80 Å². The summed E-state index contributed by atoms with van der Waals surface area (Å²) in [5, 5.41) is 22.2. The molecule has 0 radical (unpaired) electrons. The molecule has 0 N–H and O–H groups in total. The molecule has 0 aliphatic heterocycles. The van der Waals surface area contributed by atoms with E-state index in [-0.39, 0.29) is 50.6 Å². The molecule has 6 nitrogen and oxygen atoms in total.